The molecule has 2 heterocycles. The van der Waals surface area contributed by atoms with Crippen LogP contribution in [0.25, 0.3) is 0 Å². The van der Waals surface area contributed by atoms with E-state index in [1.165, 1.54) is 12.8 Å². The third-order valence-corrected chi connectivity index (χ3v) is 5.01. The fourth-order valence-electron chi connectivity index (χ4n) is 3.26. The molecule has 0 aliphatic carbocycles. The van der Waals surface area contributed by atoms with Gasteiger partial charge in [0, 0.05) is 46.4 Å². The number of hydrogen-bond donors (Lipinski definition) is 1. The lowest BCUT2D eigenvalue weighted by Gasteiger charge is -2.37. The number of nitrogens with zero attached hydrogens (tertiary/aromatic N) is 3. The van der Waals surface area contributed by atoms with Crippen molar-refractivity contribution in [3.05, 3.63) is 0 Å². The molecule has 1 amide bonds. The van der Waals surface area contributed by atoms with Crippen LogP contribution in [0.15, 0.2) is 4.99 Å². The van der Waals surface area contributed by atoms with Gasteiger partial charge in [-0.2, -0.15) is 0 Å². The zero-order valence-corrected chi connectivity index (χ0v) is 17.6. The van der Waals surface area contributed by atoms with Crippen molar-refractivity contribution in [2.24, 2.45) is 10.9 Å². The van der Waals surface area contributed by atoms with E-state index in [4.69, 9.17) is 4.74 Å². The number of piperazine rings is 1. The number of guanidine groups is 1. The Bertz CT molecular complexity index is 401. The smallest absolute Gasteiger partial charge is 0.251 e. The second kappa shape index (κ2) is 11.1. The Kier molecular flexibility index (Phi) is 9.95. The first-order chi connectivity index (χ1) is 11.2. The average Bonchev–Trinajstić information content (AvgIpc) is 3.13. The second-order valence-electron chi connectivity index (χ2n) is 6.42. The molecule has 0 saturated carbocycles. The van der Waals surface area contributed by atoms with E-state index in [0.29, 0.717) is 5.92 Å². The fraction of sp³-hybridized carbons (Fsp3) is 0.882. The van der Waals surface area contributed by atoms with Crippen molar-refractivity contribution < 1.29 is 9.53 Å². The molecule has 2 aliphatic heterocycles. The molecule has 0 aromatic heterocycles. The number of aliphatic imine (C=N–C) groups is 1. The molecule has 1 atom stereocenters. The zero-order chi connectivity index (χ0) is 16.7. The van der Waals surface area contributed by atoms with E-state index in [1.807, 2.05) is 11.9 Å². The Labute approximate surface area is 163 Å². The molecule has 2 aliphatic rings. The molecule has 2 rings (SSSR count). The molecule has 1 unspecified atom stereocenters. The van der Waals surface area contributed by atoms with Crippen LogP contribution in [0.1, 0.15) is 39.5 Å². The molecule has 24 heavy (non-hydrogen) atoms. The Morgan fingerprint density at radius 2 is 1.83 bits per heavy atom. The van der Waals surface area contributed by atoms with Crippen molar-refractivity contribution in [1.82, 2.24) is 15.1 Å². The van der Waals surface area contributed by atoms with Gasteiger partial charge >= 0.3 is 0 Å². The highest BCUT2D eigenvalue weighted by Crippen LogP contribution is 2.16. The molecular weight excluding hydrogens is 419 g/mol. The third kappa shape index (κ3) is 5.75. The van der Waals surface area contributed by atoms with Gasteiger partial charge in [0.15, 0.2) is 5.96 Å². The van der Waals surface area contributed by atoms with Crippen molar-refractivity contribution in [2.45, 2.75) is 45.6 Å². The largest absolute Gasteiger partial charge is 0.368 e. The molecule has 140 valence electrons. The summed E-state index contributed by atoms with van der Waals surface area (Å²) in [7, 11) is 1.83. The van der Waals surface area contributed by atoms with Gasteiger partial charge in [-0.25, -0.2) is 0 Å². The Morgan fingerprint density at radius 3 is 2.33 bits per heavy atom. The van der Waals surface area contributed by atoms with Crippen LogP contribution in [-0.4, -0.2) is 74.1 Å². The normalized spacial score (nSPS) is 21.8. The molecule has 6 nitrogen and oxygen atoms in total. The number of nitrogens with one attached hydrogen (secondary N) is 1. The molecule has 0 aromatic rings. The summed E-state index contributed by atoms with van der Waals surface area (Å²) in [6, 6.07) is 0. The second-order valence-corrected chi connectivity index (χ2v) is 6.42. The van der Waals surface area contributed by atoms with Gasteiger partial charge in [-0.3, -0.25) is 9.79 Å². The predicted molar refractivity (Wildman–Crippen MR) is 108 cm³/mol. The van der Waals surface area contributed by atoms with E-state index in [2.05, 4.69) is 29.1 Å². The van der Waals surface area contributed by atoms with Crippen molar-refractivity contribution in [3.8, 4) is 0 Å². The Balaban J connectivity index is 0.00000288. The maximum Gasteiger partial charge on any atom is 0.251 e. The van der Waals surface area contributed by atoms with Crippen molar-refractivity contribution in [3.63, 3.8) is 0 Å². The SMILES string of the molecule is CCC(CC)CNC(=NC)N1CCN(C(=O)C2CCCO2)CC1.I. The summed E-state index contributed by atoms with van der Waals surface area (Å²) < 4.78 is 5.51. The first kappa shape index (κ1) is 21.5. The van der Waals surface area contributed by atoms with Crippen LogP contribution in [0.2, 0.25) is 0 Å². The number of rotatable bonds is 5. The molecule has 2 fully saturated rings. The number of ether oxygens (including phenoxy) is 1. The number of amides is 1. The predicted octanol–water partition coefficient (Wildman–Crippen LogP) is 1.94. The van der Waals surface area contributed by atoms with Crippen molar-refractivity contribution in [1.29, 1.82) is 0 Å². The van der Waals surface area contributed by atoms with Crippen LogP contribution in [0, 0.1) is 5.92 Å². The summed E-state index contributed by atoms with van der Waals surface area (Å²) in [5.41, 5.74) is 0. The van der Waals surface area contributed by atoms with Gasteiger partial charge in [0.2, 0.25) is 0 Å². The first-order valence-corrected chi connectivity index (χ1v) is 9.05. The number of hydrogen-bond acceptors (Lipinski definition) is 3. The summed E-state index contributed by atoms with van der Waals surface area (Å²) in [6.45, 7) is 9.33. The van der Waals surface area contributed by atoms with E-state index in [1.54, 1.807) is 0 Å². The van der Waals surface area contributed by atoms with Gasteiger partial charge < -0.3 is 19.9 Å². The van der Waals surface area contributed by atoms with E-state index < -0.39 is 0 Å². The topological polar surface area (TPSA) is 57.2 Å². The van der Waals surface area contributed by atoms with Gasteiger partial charge in [-0.05, 0) is 18.8 Å². The number of carbonyl (C=O) groups excluding carboxylic acids is 1. The third-order valence-electron chi connectivity index (χ3n) is 5.01. The van der Waals surface area contributed by atoms with Crippen LogP contribution in [0.4, 0.5) is 0 Å². The summed E-state index contributed by atoms with van der Waals surface area (Å²) >= 11 is 0. The highest BCUT2D eigenvalue weighted by Gasteiger charge is 2.30. The van der Waals surface area contributed by atoms with E-state index in [-0.39, 0.29) is 36.0 Å². The standard InChI is InChI=1S/C17H32N4O2.HI/c1-4-14(5-2)13-19-17(18-3)21-10-8-20(9-11-21)16(22)15-7-6-12-23-15;/h14-15H,4-13H2,1-3H3,(H,18,19);1H. The maximum absolute atomic E-state index is 12.4. The lowest BCUT2D eigenvalue weighted by Crippen LogP contribution is -2.55. The average molecular weight is 452 g/mol. The Morgan fingerprint density at radius 1 is 1.21 bits per heavy atom. The molecule has 0 aromatic carbocycles. The molecule has 2 saturated heterocycles. The van der Waals surface area contributed by atoms with Crippen LogP contribution >= 0.6 is 24.0 Å². The number of halogens is 1. The molecule has 0 bridgehead atoms. The van der Waals surface area contributed by atoms with Crippen LogP contribution < -0.4 is 5.32 Å². The minimum Gasteiger partial charge on any atom is -0.368 e. The lowest BCUT2D eigenvalue weighted by atomic mass is 10.0. The monoisotopic (exact) mass is 452 g/mol. The van der Waals surface area contributed by atoms with Crippen LogP contribution in [0.5, 0.6) is 0 Å². The highest BCUT2D eigenvalue weighted by atomic mass is 127. The van der Waals surface area contributed by atoms with Gasteiger partial charge in [-0.15, -0.1) is 24.0 Å². The fourth-order valence-corrected chi connectivity index (χ4v) is 3.26. The highest BCUT2D eigenvalue weighted by molar-refractivity contribution is 14.0. The summed E-state index contributed by atoms with van der Waals surface area (Å²) in [6.07, 6.45) is 4.04. The quantitative estimate of drug-likeness (QED) is 0.394. The number of carbonyl (C=O) groups is 1. The van der Waals surface area contributed by atoms with E-state index >= 15 is 0 Å². The van der Waals surface area contributed by atoms with Gasteiger partial charge in [0.1, 0.15) is 6.10 Å². The molecule has 0 radical (unpaired) electrons. The summed E-state index contributed by atoms with van der Waals surface area (Å²) in [5, 5.41) is 3.49. The maximum atomic E-state index is 12.4. The van der Waals surface area contributed by atoms with Crippen molar-refractivity contribution in [2.75, 3.05) is 46.4 Å². The van der Waals surface area contributed by atoms with Crippen LogP contribution in [0.3, 0.4) is 0 Å². The molecule has 7 heteroatoms. The van der Waals surface area contributed by atoms with E-state index in [0.717, 1.165) is 58.1 Å². The summed E-state index contributed by atoms with van der Waals surface area (Å²) in [5.74, 6) is 1.82. The van der Waals surface area contributed by atoms with E-state index in [9.17, 15) is 4.79 Å². The molecule has 1 N–H and O–H groups in total. The van der Waals surface area contributed by atoms with Gasteiger partial charge in [-0.1, -0.05) is 26.7 Å². The van der Waals surface area contributed by atoms with Gasteiger partial charge in [0.05, 0.1) is 0 Å². The van der Waals surface area contributed by atoms with Crippen molar-refractivity contribution >= 4 is 35.8 Å². The minimum absolute atomic E-state index is 0. The minimum atomic E-state index is -0.200. The lowest BCUT2D eigenvalue weighted by molar-refractivity contribution is -0.142. The van der Waals surface area contributed by atoms with Gasteiger partial charge in [0.25, 0.3) is 5.91 Å². The first-order valence-electron chi connectivity index (χ1n) is 9.05. The molecule has 0 spiro atoms. The van der Waals surface area contributed by atoms with Crippen LogP contribution in [-0.2, 0) is 9.53 Å². The zero-order valence-electron chi connectivity index (χ0n) is 15.3. The summed E-state index contributed by atoms with van der Waals surface area (Å²) in [4.78, 5) is 21.0. The Hall–Kier alpha value is -0.570. The molecular formula is C17H33IN4O2.